The Bertz CT molecular complexity index is 903. The third-order valence-corrected chi connectivity index (χ3v) is 5.51. The number of anilines is 1. The smallest absolute Gasteiger partial charge is 0.261 e. The molecular weight excluding hydrogens is 399 g/mol. The molecule has 2 aromatic rings. The number of hydroxylamine groups is 1. The van der Waals surface area contributed by atoms with Crippen molar-refractivity contribution in [2.75, 3.05) is 12.1 Å². The Labute approximate surface area is 164 Å². The molecule has 0 spiro atoms. The summed E-state index contributed by atoms with van der Waals surface area (Å²) >= 11 is 18.4. The van der Waals surface area contributed by atoms with Gasteiger partial charge in [0.25, 0.3) is 5.91 Å². The number of hydrogen-bond donors (Lipinski definition) is 0. The lowest BCUT2D eigenvalue weighted by Crippen LogP contribution is -2.34. The molecule has 2 aliphatic rings. The van der Waals surface area contributed by atoms with E-state index in [-0.39, 0.29) is 11.8 Å². The Kier molecular flexibility index (Phi) is 4.35. The van der Waals surface area contributed by atoms with Gasteiger partial charge in [-0.05, 0) is 42.0 Å². The summed E-state index contributed by atoms with van der Waals surface area (Å²) in [5.74, 6) is -1.36. The van der Waals surface area contributed by atoms with Crippen LogP contribution in [-0.4, -0.2) is 29.9 Å². The van der Waals surface area contributed by atoms with Gasteiger partial charge in [-0.3, -0.25) is 19.3 Å². The second-order valence-electron chi connectivity index (χ2n) is 6.20. The van der Waals surface area contributed by atoms with Crippen molar-refractivity contribution in [1.29, 1.82) is 0 Å². The van der Waals surface area contributed by atoms with E-state index in [0.29, 0.717) is 26.3 Å². The Morgan fingerprint density at radius 2 is 1.58 bits per heavy atom. The van der Waals surface area contributed by atoms with Crippen LogP contribution in [0, 0.1) is 5.92 Å². The first-order valence-corrected chi connectivity index (χ1v) is 9.00. The Morgan fingerprint density at radius 3 is 2.23 bits per heavy atom. The number of imide groups is 1. The van der Waals surface area contributed by atoms with Gasteiger partial charge in [0.15, 0.2) is 6.10 Å². The van der Waals surface area contributed by atoms with Gasteiger partial charge in [0.1, 0.15) is 5.92 Å². The van der Waals surface area contributed by atoms with E-state index in [4.69, 9.17) is 39.6 Å². The van der Waals surface area contributed by atoms with Gasteiger partial charge in [0, 0.05) is 22.1 Å². The molecule has 0 aromatic heterocycles. The summed E-state index contributed by atoms with van der Waals surface area (Å²) in [7, 11) is 1.46. The molecule has 2 aliphatic heterocycles. The monoisotopic (exact) mass is 410 g/mol. The number of hydrogen-bond acceptors (Lipinski definition) is 4. The highest BCUT2D eigenvalue weighted by atomic mass is 35.5. The van der Waals surface area contributed by atoms with Gasteiger partial charge < -0.3 is 0 Å². The summed E-state index contributed by atoms with van der Waals surface area (Å²) in [6.45, 7) is 0. The summed E-state index contributed by atoms with van der Waals surface area (Å²) in [5.41, 5.74) is 1.33. The molecule has 134 valence electrons. The van der Waals surface area contributed by atoms with Gasteiger partial charge in [-0.15, -0.1) is 0 Å². The molecule has 0 bridgehead atoms. The second-order valence-corrected chi connectivity index (χ2v) is 7.48. The fraction of sp³-hybridized carbons (Fsp3) is 0.222. The molecule has 2 amide bonds. The molecule has 2 saturated heterocycles. The number of likely N-dealkylation sites (tertiary alicyclic amines) is 1. The molecular formula is C18H13Cl3N2O3. The van der Waals surface area contributed by atoms with Gasteiger partial charge in [-0.1, -0.05) is 40.9 Å². The average molecular weight is 412 g/mol. The van der Waals surface area contributed by atoms with Crippen molar-refractivity contribution in [2.24, 2.45) is 5.92 Å². The minimum absolute atomic E-state index is 0.299. The number of carbonyl (C=O) groups is 2. The fourth-order valence-electron chi connectivity index (χ4n) is 3.42. The van der Waals surface area contributed by atoms with Crippen LogP contribution in [0.1, 0.15) is 11.6 Å². The van der Waals surface area contributed by atoms with Gasteiger partial charge in [0.2, 0.25) is 5.91 Å². The van der Waals surface area contributed by atoms with Crippen molar-refractivity contribution in [3.05, 3.63) is 63.1 Å². The van der Waals surface area contributed by atoms with Gasteiger partial charge in [-0.25, -0.2) is 5.06 Å². The highest BCUT2D eigenvalue weighted by molar-refractivity contribution is 6.35. The van der Waals surface area contributed by atoms with Crippen LogP contribution in [0.15, 0.2) is 42.5 Å². The maximum absolute atomic E-state index is 12.7. The van der Waals surface area contributed by atoms with E-state index < -0.39 is 18.1 Å². The van der Waals surface area contributed by atoms with E-state index in [9.17, 15) is 9.59 Å². The van der Waals surface area contributed by atoms with Crippen LogP contribution in [0.2, 0.25) is 15.1 Å². The predicted molar refractivity (Wildman–Crippen MR) is 99.3 cm³/mol. The number of halogens is 3. The molecule has 8 heteroatoms. The Balaban J connectivity index is 1.84. The van der Waals surface area contributed by atoms with Gasteiger partial charge >= 0.3 is 0 Å². The molecule has 26 heavy (non-hydrogen) atoms. The SMILES string of the molecule is CN1C(=O)C2ON(c3ccc(Cl)cc3)C(c3ccc(Cl)cc3Cl)C2C1=O. The normalized spacial score (nSPS) is 25.2. The maximum Gasteiger partial charge on any atom is 0.261 e. The summed E-state index contributed by atoms with van der Waals surface area (Å²) in [5, 5.41) is 3.02. The van der Waals surface area contributed by atoms with Crippen molar-refractivity contribution in [3.8, 4) is 0 Å². The maximum atomic E-state index is 12.7. The van der Waals surface area contributed by atoms with Crippen LogP contribution in [0.25, 0.3) is 0 Å². The molecule has 0 N–H and O–H groups in total. The predicted octanol–water partition coefficient (Wildman–Crippen LogP) is 4.12. The van der Waals surface area contributed by atoms with E-state index >= 15 is 0 Å². The molecule has 0 radical (unpaired) electrons. The summed E-state index contributed by atoms with van der Waals surface area (Å²) in [6, 6.07) is 11.4. The highest BCUT2D eigenvalue weighted by Gasteiger charge is 2.59. The van der Waals surface area contributed by atoms with Crippen molar-refractivity contribution in [2.45, 2.75) is 12.1 Å². The van der Waals surface area contributed by atoms with Crippen LogP contribution in [-0.2, 0) is 14.4 Å². The number of benzene rings is 2. The van der Waals surface area contributed by atoms with Crippen molar-refractivity contribution < 1.29 is 14.4 Å². The van der Waals surface area contributed by atoms with Crippen LogP contribution in [0.4, 0.5) is 5.69 Å². The molecule has 3 unspecified atom stereocenters. The lowest BCUT2D eigenvalue weighted by molar-refractivity contribution is -0.141. The van der Waals surface area contributed by atoms with Crippen molar-refractivity contribution in [3.63, 3.8) is 0 Å². The molecule has 3 atom stereocenters. The first kappa shape index (κ1) is 17.6. The standard InChI is InChI=1S/C18H13Cl3N2O3/c1-22-17(24)14-15(12-7-4-10(20)8-13(12)21)23(26-16(14)18(22)25)11-5-2-9(19)3-6-11/h2-8,14-16H,1H3. The zero-order valence-electron chi connectivity index (χ0n) is 13.5. The number of fused-ring (bicyclic) bond motifs is 1. The summed E-state index contributed by atoms with van der Waals surface area (Å²) < 4.78 is 0. The molecule has 5 nitrogen and oxygen atoms in total. The van der Waals surface area contributed by atoms with Crippen LogP contribution >= 0.6 is 34.8 Å². The van der Waals surface area contributed by atoms with E-state index in [1.807, 2.05) is 0 Å². The number of carbonyl (C=O) groups excluding carboxylic acids is 2. The Hall–Kier alpha value is -1.79. The van der Waals surface area contributed by atoms with Crippen LogP contribution in [0.5, 0.6) is 0 Å². The quantitative estimate of drug-likeness (QED) is 0.698. The summed E-state index contributed by atoms with van der Waals surface area (Å²) in [6.07, 6.45) is -0.889. The van der Waals surface area contributed by atoms with Crippen molar-refractivity contribution in [1.82, 2.24) is 4.90 Å². The van der Waals surface area contributed by atoms with Gasteiger partial charge in [-0.2, -0.15) is 0 Å². The highest BCUT2D eigenvalue weighted by Crippen LogP contribution is 2.48. The second kappa shape index (κ2) is 6.43. The average Bonchev–Trinajstić information content (AvgIpc) is 3.09. The zero-order chi connectivity index (χ0) is 18.6. The molecule has 2 aromatic carbocycles. The molecule has 4 rings (SSSR count). The molecule has 2 fully saturated rings. The minimum atomic E-state index is -0.889. The third-order valence-electron chi connectivity index (χ3n) is 4.70. The van der Waals surface area contributed by atoms with Crippen LogP contribution < -0.4 is 5.06 Å². The van der Waals surface area contributed by atoms with E-state index in [1.165, 1.54) is 7.05 Å². The number of nitrogens with zero attached hydrogens (tertiary/aromatic N) is 2. The topological polar surface area (TPSA) is 49.9 Å². The number of likely N-dealkylation sites (N-methyl/N-ethyl adjacent to an activating group) is 1. The lowest BCUT2D eigenvalue weighted by atomic mass is 9.90. The number of rotatable bonds is 2. The van der Waals surface area contributed by atoms with E-state index in [0.717, 1.165) is 4.90 Å². The Morgan fingerprint density at radius 1 is 0.923 bits per heavy atom. The first-order chi connectivity index (χ1) is 12.4. The van der Waals surface area contributed by atoms with Gasteiger partial charge in [0.05, 0.1) is 11.7 Å². The molecule has 0 saturated carbocycles. The summed E-state index contributed by atoms with van der Waals surface area (Å²) in [4.78, 5) is 32.1. The first-order valence-electron chi connectivity index (χ1n) is 7.86. The minimum Gasteiger partial charge on any atom is -0.283 e. The van der Waals surface area contributed by atoms with Crippen LogP contribution in [0.3, 0.4) is 0 Å². The van der Waals surface area contributed by atoms with E-state index in [1.54, 1.807) is 47.5 Å². The molecule has 0 aliphatic carbocycles. The van der Waals surface area contributed by atoms with Crippen molar-refractivity contribution >= 4 is 52.3 Å². The van der Waals surface area contributed by atoms with E-state index in [2.05, 4.69) is 0 Å². The molecule has 2 heterocycles. The third kappa shape index (κ3) is 2.67. The number of amides is 2. The fourth-order valence-corrected chi connectivity index (χ4v) is 4.07. The zero-order valence-corrected chi connectivity index (χ0v) is 15.8. The largest absolute Gasteiger partial charge is 0.283 e. The lowest BCUT2D eigenvalue weighted by Gasteiger charge is -2.28.